The van der Waals surface area contributed by atoms with Gasteiger partial charge in [-0.3, -0.25) is 4.72 Å². The average Bonchev–Trinajstić information content (AvgIpc) is 2.81. The number of phenols is 1. The highest BCUT2D eigenvalue weighted by Gasteiger charge is 2.19. The van der Waals surface area contributed by atoms with E-state index in [4.69, 9.17) is 24.7 Å². The molecule has 0 aromatic heterocycles. The van der Waals surface area contributed by atoms with Crippen molar-refractivity contribution in [3.63, 3.8) is 0 Å². The predicted octanol–water partition coefficient (Wildman–Crippen LogP) is 3.98. The number of benzene rings is 3. The van der Waals surface area contributed by atoms with E-state index in [0.717, 1.165) is 5.56 Å². The van der Waals surface area contributed by atoms with Crippen LogP contribution in [0.4, 0.5) is 11.4 Å². The number of hydrogen-bond acceptors (Lipinski definition) is 8. The molecule has 9 nitrogen and oxygen atoms in total. The molecular formula is C24H26N2O7S. The normalized spacial score (nSPS) is 11.3. The summed E-state index contributed by atoms with van der Waals surface area (Å²) in [5, 5.41) is 10.4. The van der Waals surface area contributed by atoms with E-state index in [1.807, 2.05) is 0 Å². The zero-order valence-electron chi connectivity index (χ0n) is 19.2. The highest BCUT2D eigenvalue weighted by molar-refractivity contribution is 7.92. The van der Waals surface area contributed by atoms with Gasteiger partial charge in [-0.25, -0.2) is 8.42 Å². The Morgan fingerprint density at radius 1 is 0.824 bits per heavy atom. The van der Waals surface area contributed by atoms with Crippen LogP contribution >= 0.6 is 0 Å². The number of nitrogen functional groups attached to an aromatic ring is 1. The number of phenolic OH excluding ortho intramolecular Hbond substituents is 1. The van der Waals surface area contributed by atoms with E-state index < -0.39 is 10.0 Å². The summed E-state index contributed by atoms with van der Waals surface area (Å²) in [6.07, 6.45) is 3.44. The van der Waals surface area contributed by atoms with Crippen LogP contribution in [0.5, 0.6) is 28.7 Å². The zero-order chi connectivity index (χ0) is 24.9. The topological polar surface area (TPSA) is 129 Å². The fraction of sp³-hybridized carbons (Fsp3) is 0.167. The largest absolute Gasteiger partial charge is 0.504 e. The quantitative estimate of drug-likeness (QED) is 0.306. The standard InChI is InChI=1S/C24H26N2O7S/c1-30-21-12-16(13-22(31-2)24(21)33-4)9-8-15-10-19(23(32-3)20(27)11-15)26-34(28,29)18-7-5-6-17(25)14-18/h5-14,26-27H,25H2,1-4H3. The molecule has 0 bridgehead atoms. The Balaban J connectivity index is 1.99. The first kappa shape index (κ1) is 24.6. The van der Waals surface area contributed by atoms with Gasteiger partial charge in [0, 0.05) is 5.69 Å². The number of sulfonamides is 1. The summed E-state index contributed by atoms with van der Waals surface area (Å²) in [7, 11) is 1.90. The monoisotopic (exact) mass is 486 g/mol. The Morgan fingerprint density at radius 2 is 1.41 bits per heavy atom. The van der Waals surface area contributed by atoms with E-state index >= 15 is 0 Å². The second-order valence-corrected chi connectivity index (χ2v) is 8.77. The van der Waals surface area contributed by atoms with E-state index in [2.05, 4.69) is 4.72 Å². The van der Waals surface area contributed by atoms with Crippen molar-refractivity contribution < 1.29 is 32.5 Å². The van der Waals surface area contributed by atoms with Crippen LogP contribution in [0.15, 0.2) is 53.4 Å². The average molecular weight is 487 g/mol. The molecule has 0 aliphatic rings. The van der Waals surface area contributed by atoms with Crippen molar-refractivity contribution in [3.8, 4) is 28.7 Å². The van der Waals surface area contributed by atoms with Crippen LogP contribution in [0.1, 0.15) is 11.1 Å². The molecule has 0 atom stereocenters. The lowest BCUT2D eigenvalue weighted by atomic mass is 10.1. The van der Waals surface area contributed by atoms with E-state index in [1.165, 1.54) is 58.8 Å². The number of hydrogen-bond donors (Lipinski definition) is 3. The van der Waals surface area contributed by atoms with Crippen molar-refractivity contribution in [3.05, 3.63) is 59.7 Å². The summed E-state index contributed by atoms with van der Waals surface area (Å²) in [5.74, 6) is 1.17. The first-order chi connectivity index (χ1) is 16.2. The molecule has 0 amide bonds. The highest BCUT2D eigenvalue weighted by Crippen LogP contribution is 2.40. The molecule has 0 saturated carbocycles. The van der Waals surface area contributed by atoms with Gasteiger partial charge in [-0.15, -0.1) is 0 Å². The third-order valence-electron chi connectivity index (χ3n) is 4.86. The van der Waals surface area contributed by atoms with Crippen LogP contribution in [0, 0.1) is 0 Å². The predicted molar refractivity (Wildman–Crippen MR) is 131 cm³/mol. The molecule has 3 rings (SSSR count). The summed E-state index contributed by atoms with van der Waals surface area (Å²) in [6.45, 7) is 0. The number of anilines is 2. The molecule has 0 fully saturated rings. The minimum Gasteiger partial charge on any atom is -0.504 e. The number of methoxy groups -OCH3 is 4. The van der Waals surface area contributed by atoms with Crippen molar-refractivity contribution in [2.24, 2.45) is 0 Å². The van der Waals surface area contributed by atoms with Crippen LogP contribution < -0.4 is 29.4 Å². The lowest BCUT2D eigenvalue weighted by molar-refractivity contribution is 0.324. The van der Waals surface area contributed by atoms with Crippen molar-refractivity contribution in [2.75, 3.05) is 38.9 Å². The second-order valence-electron chi connectivity index (χ2n) is 7.09. The van der Waals surface area contributed by atoms with Gasteiger partial charge in [0.25, 0.3) is 10.0 Å². The first-order valence-corrected chi connectivity index (χ1v) is 11.5. The van der Waals surface area contributed by atoms with Crippen LogP contribution in [0.3, 0.4) is 0 Å². The molecular weight excluding hydrogens is 460 g/mol. The van der Waals surface area contributed by atoms with Gasteiger partial charge in [0.1, 0.15) is 0 Å². The molecule has 10 heteroatoms. The summed E-state index contributed by atoms with van der Waals surface area (Å²) in [4.78, 5) is -0.0209. The van der Waals surface area contributed by atoms with Crippen LogP contribution in [0.2, 0.25) is 0 Å². The molecule has 0 aliphatic heterocycles. The van der Waals surface area contributed by atoms with E-state index in [0.29, 0.717) is 28.5 Å². The van der Waals surface area contributed by atoms with E-state index in [-0.39, 0.29) is 22.1 Å². The molecule has 0 aliphatic carbocycles. The molecule has 3 aromatic carbocycles. The maximum absolute atomic E-state index is 12.9. The maximum Gasteiger partial charge on any atom is 0.262 e. The minimum absolute atomic E-state index is 0.0163. The fourth-order valence-corrected chi connectivity index (χ4v) is 4.41. The maximum atomic E-state index is 12.9. The second kappa shape index (κ2) is 10.3. The number of nitrogens with two attached hydrogens (primary N) is 1. The summed E-state index contributed by atoms with van der Waals surface area (Å²) < 4.78 is 49.5. The third-order valence-corrected chi connectivity index (χ3v) is 6.23. The molecule has 34 heavy (non-hydrogen) atoms. The number of nitrogens with one attached hydrogen (secondary N) is 1. The molecule has 0 unspecified atom stereocenters. The molecule has 0 saturated heterocycles. The lowest BCUT2D eigenvalue weighted by Crippen LogP contribution is -2.14. The number of ether oxygens (including phenoxy) is 4. The Labute approximate surface area is 198 Å². The molecule has 0 spiro atoms. The van der Waals surface area contributed by atoms with Gasteiger partial charge in [-0.05, 0) is 53.6 Å². The summed E-state index contributed by atoms with van der Waals surface area (Å²) in [5.41, 5.74) is 7.33. The van der Waals surface area contributed by atoms with E-state index in [1.54, 1.807) is 30.4 Å². The Kier molecular flexibility index (Phi) is 7.42. The summed E-state index contributed by atoms with van der Waals surface area (Å²) >= 11 is 0. The van der Waals surface area contributed by atoms with E-state index in [9.17, 15) is 13.5 Å². The van der Waals surface area contributed by atoms with Crippen molar-refractivity contribution in [1.29, 1.82) is 0 Å². The number of rotatable bonds is 9. The Morgan fingerprint density at radius 3 is 1.94 bits per heavy atom. The van der Waals surface area contributed by atoms with Gasteiger partial charge in [0.2, 0.25) is 5.75 Å². The molecule has 4 N–H and O–H groups in total. The van der Waals surface area contributed by atoms with Crippen molar-refractivity contribution in [1.82, 2.24) is 0 Å². The summed E-state index contributed by atoms with van der Waals surface area (Å²) in [6, 6.07) is 12.4. The van der Waals surface area contributed by atoms with Gasteiger partial charge >= 0.3 is 0 Å². The molecule has 3 aromatic rings. The zero-order valence-corrected chi connectivity index (χ0v) is 20.0. The molecule has 0 radical (unpaired) electrons. The van der Waals surface area contributed by atoms with Crippen LogP contribution in [-0.4, -0.2) is 42.0 Å². The number of aromatic hydroxyl groups is 1. The van der Waals surface area contributed by atoms with Crippen molar-refractivity contribution in [2.45, 2.75) is 4.90 Å². The minimum atomic E-state index is -3.99. The highest BCUT2D eigenvalue weighted by atomic mass is 32.2. The van der Waals surface area contributed by atoms with Crippen LogP contribution in [0.25, 0.3) is 12.2 Å². The van der Waals surface area contributed by atoms with Gasteiger partial charge < -0.3 is 29.8 Å². The van der Waals surface area contributed by atoms with Crippen LogP contribution in [-0.2, 0) is 10.0 Å². The Hall–Kier alpha value is -4.05. The molecule has 0 heterocycles. The van der Waals surface area contributed by atoms with Gasteiger partial charge in [0.05, 0.1) is 39.0 Å². The lowest BCUT2D eigenvalue weighted by Gasteiger charge is -2.14. The van der Waals surface area contributed by atoms with Gasteiger partial charge in [-0.2, -0.15) is 0 Å². The van der Waals surface area contributed by atoms with Gasteiger partial charge in [-0.1, -0.05) is 18.2 Å². The Bertz CT molecular complexity index is 1300. The fourth-order valence-electron chi connectivity index (χ4n) is 3.30. The smallest absolute Gasteiger partial charge is 0.262 e. The SMILES string of the molecule is COc1cc(C=Cc2cc(O)c(OC)c(NS(=O)(=O)c3cccc(N)c3)c2)cc(OC)c1OC. The van der Waals surface area contributed by atoms with Gasteiger partial charge in [0.15, 0.2) is 23.0 Å². The third kappa shape index (κ3) is 5.29. The molecule has 180 valence electrons. The first-order valence-electron chi connectivity index (χ1n) is 9.99. The van der Waals surface area contributed by atoms with Crippen molar-refractivity contribution >= 4 is 33.6 Å².